The van der Waals surface area contributed by atoms with Crippen molar-refractivity contribution in [3.05, 3.63) is 21.9 Å². The van der Waals surface area contributed by atoms with Crippen molar-refractivity contribution in [2.24, 2.45) is 0 Å². The maximum atomic E-state index is 11.8. The van der Waals surface area contributed by atoms with Gasteiger partial charge in [0, 0.05) is 22.3 Å². The maximum absolute atomic E-state index is 11.8. The highest BCUT2D eigenvalue weighted by Gasteiger charge is 2.27. The Morgan fingerprint density at radius 2 is 2.11 bits per heavy atom. The number of halogens is 3. The summed E-state index contributed by atoms with van der Waals surface area (Å²) in [4.78, 5) is 2.51. The summed E-state index contributed by atoms with van der Waals surface area (Å²) in [5, 5.41) is 3.14. The third-order valence-corrected chi connectivity index (χ3v) is 3.83. The lowest BCUT2D eigenvalue weighted by atomic mass is 10.2. The first-order valence-corrected chi connectivity index (χ1v) is 6.70. The van der Waals surface area contributed by atoms with E-state index in [4.69, 9.17) is 0 Å². The monoisotopic (exact) mass is 281 g/mol. The average Bonchev–Trinajstić information content (AvgIpc) is 2.75. The molecule has 0 spiro atoms. The molecule has 104 valence electrons. The van der Waals surface area contributed by atoms with E-state index in [0.717, 1.165) is 6.42 Å². The Morgan fingerprint density at radius 3 is 2.67 bits per heavy atom. The molecule has 1 atom stereocenters. The summed E-state index contributed by atoms with van der Waals surface area (Å²) in [6.07, 6.45) is -3.23. The Kier molecular flexibility index (Phi) is 6.11. The third-order valence-electron chi connectivity index (χ3n) is 2.42. The van der Waals surface area contributed by atoms with Crippen LogP contribution in [0.2, 0.25) is 0 Å². The molecule has 0 saturated carbocycles. The van der Waals surface area contributed by atoms with Crippen molar-refractivity contribution >= 4 is 11.3 Å². The van der Waals surface area contributed by atoms with Crippen LogP contribution in [-0.2, 0) is 11.2 Å². The van der Waals surface area contributed by atoms with E-state index in [1.54, 1.807) is 11.3 Å². The van der Waals surface area contributed by atoms with Gasteiger partial charge < -0.3 is 10.1 Å². The van der Waals surface area contributed by atoms with Crippen LogP contribution in [0.3, 0.4) is 0 Å². The summed E-state index contributed by atoms with van der Waals surface area (Å²) in [6, 6.07) is 4.28. The van der Waals surface area contributed by atoms with Crippen LogP contribution in [0.1, 0.15) is 29.6 Å². The van der Waals surface area contributed by atoms with Crippen molar-refractivity contribution in [2.75, 3.05) is 19.8 Å². The van der Waals surface area contributed by atoms with Crippen LogP contribution >= 0.6 is 11.3 Å². The molecule has 0 fully saturated rings. The van der Waals surface area contributed by atoms with E-state index in [2.05, 4.69) is 29.1 Å². The largest absolute Gasteiger partial charge is 0.411 e. The number of alkyl halides is 3. The van der Waals surface area contributed by atoms with Gasteiger partial charge in [0.25, 0.3) is 0 Å². The molecule has 0 saturated heterocycles. The van der Waals surface area contributed by atoms with Crippen LogP contribution in [-0.4, -0.2) is 25.9 Å². The van der Waals surface area contributed by atoms with Crippen LogP contribution in [0.25, 0.3) is 0 Å². The van der Waals surface area contributed by atoms with Gasteiger partial charge in [-0.25, -0.2) is 0 Å². The topological polar surface area (TPSA) is 21.3 Å². The molecular weight excluding hydrogens is 263 g/mol. The average molecular weight is 281 g/mol. The summed E-state index contributed by atoms with van der Waals surface area (Å²) >= 11 is 1.73. The Hall–Kier alpha value is -0.590. The fraction of sp³-hybridized carbons (Fsp3) is 0.667. The van der Waals surface area contributed by atoms with E-state index >= 15 is 0 Å². The molecule has 0 aliphatic heterocycles. The fourth-order valence-electron chi connectivity index (χ4n) is 1.45. The lowest BCUT2D eigenvalue weighted by Gasteiger charge is -2.12. The minimum absolute atomic E-state index is 0.0653. The van der Waals surface area contributed by atoms with Gasteiger partial charge in [0.05, 0.1) is 6.61 Å². The number of aryl methyl sites for hydroxylation is 1. The van der Waals surface area contributed by atoms with E-state index in [1.165, 1.54) is 9.75 Å². The molecule has 18 heavy (non-hydrogen) atoms. The van der Waals surface area contributed by atoms with Crippen LogP contribution < -0.4 is 5.32 Å². The molecule has 0 bridgehead atoms. The second kappa shape index (κ2) is 7.11. The molecule has 1 rings (SSSR count). The predicted octanol–water partition coefficient (Wildman–Crippen LogP) is 3.54. The maximum Gasteiger partial charge on any atom is 0.411 e. The Balaban J connectivity index is 2.19. The zero-order valence-electron chi connectivity index (χ0n) is 10.5. The molecule has 6 heteroatoms. The van der Waals surface area contributed by atoms with E-state index in [9.17, 15) is 13.2 Å². The number of hydrogen-bond acceptors (Lipinski definition) is 3. The molecule has 0 amide bonds. The molecule has 0 aliphatic carbocycles. The molecule has 0 aromatic carbocycles. The molecule has 1 unspecified atom stereocenters. The Morgan fingerprint density at radius 1 is 1.39 bits per heavy atom. The summed E-state index contributed by atoms with van der Waals surface area (Å²) < 4.78 is 39.9. The number of ether oxygens (including phenoxy) is 1. The van der Waals surface area contributed by atoms with Crippen LogP contribution in [0.4, 0.5) is 13.2 Å². The second-order valence-corrected chi connectivity index (χ2v) is 5.20. The quantitative estimate of drug-likeness (QED) is 0.772. The van der Waals surface area contributed by atoms with Crippen molar-refractivity contribution in [1.82, 2.24) is 5.32 Å². The summed E-state index contributed by atoms with van der Waals surface area (Å²) in [5.41, 5.74) is 0. The molecule has 1 N–H and O–H groups in total. The van der Waals surface area contributed by atoms with Crippen LogP contribution in [0.5, 0.6) is 0 Å². The summed E-state index contributed by atoms with van der Waals surface area (Å²) in [6.45, 7) is 3.39. The van der Waals surface area contributed by atoms with E-state index < -0.39 is 12.8 Å². The smallest absolute Gasteiger partial charge is 0.371 e. The highest BCUT2D eigenvalue weighted by atomic mass is 32.1. The van der Waals surface area contributed by atoms with Crippen molar-refractivity contribution in [1.29, 1.82) is 0 Å². The number of rotatable bonds is 7. The SMILES string of the molecule is CCc1ccc(C(C)NCCOCC(F)(F)F)s1. The fourth-order valence-corrected chi connectivity index (χ4v) is 2.43. The lowest BCUT2D eigenvalue weighted by Crippen LogP contribution is -2.25. The zero-order valence-corrected chi connectivity index (χ0v) is 11.3. The van der Waals surface area contributed by atoms with Crippen molar-refractivity contribution in [3.63, 3.8) is 0 Å². The van der Waals surface area contributed by atoms with Gasteiger partial charge in [0.1, 0.15) is 6.61 Å². The summed E-state index contributed by atoms with van der Waals surface area (Å²) in [5.74, 6) is 0. The molecule has 2 nitrogen and oxygen atoms in total. The molecule has 0 radical (unpaired) electrons. The van der Waals surface area contributed by atoms with Gasteiger partial charge >= 0.3 is 6.18 Å². The van der Waals surface area contributed by atoms with Gasteiger partial charge in [0.2, 0.25) is 0 Å². The molecule has 0 aliphatic rings. The number of thiophene rings is 1. The van der Waals surface area contributed by atoms with Gasteiger partial charge in [-0.15, -0.1) is 11.3 Å². The van der Waals surface area contributed by atoms with Gasteiger partial charge in [-0.1, -0.05) is 6.92 Å². The molecule has 1 heterocycles. The van der Waals surface area contributed by atoms with Crippen LogP contribution in [0.15, 0.2) is 12.1 Å². The molecule has 1 aromatic rings. The van der Waals surface area contributed by atoms with Crippen molar-refractivity contribution < 1.29 is 17.9 Å². The molecule has 1 aromatic heterocycles. The van der Waals surface area contributed by atoms with Crippen molar-refractivity contribution in [2.45, 2.75) is 32.5 Å². The van der Waals surface area contributed by atoms with E-state index in [-0.39, 0.29) is 12.6 Å². The van der Waals surface area contributed by atoms with Gasteiger partial charge in [-0.2, -0.15) is 13.2 Å². The first-order valence-electron chi connectivity index (χ1n) is 5.89. The highest BCUT2D eigenvalue weighted by Crippen LogP contribution is 2.23. The van der Waals surface area contributed by atoms with Crippen molar-refractivity contribution in [3.8, 4) is 0 Å². The van der Waals surface area contributed by atoms with Crippen LogP contribution in [0, 0.1) is 0 Å². The third kappa shape index (κ3) is 5.84. The number of nitrogens with one attached hydrogen (secondary N) is 1. The normalized spacial score (nSPS) is 13.8. The van der Waals surface area contributed by atoms with E-state index in [1.807, 2.05) is 6.92 Å². The van der Waals surface area contributed by atoms with Gasteiger partial charge in [-0.3, -0.25) is 0 Å². The second-order valence-electron chi connectivity index (χ2n) is 4.00. The van der Waals surface area contributed by atoms with E-state index in [0.29, 0.717) is 6.54 Å². The Labute approximate surface area is 109 Å². The highest BCUT2D eigenvalue weighted by molar-refractivity contribution is 7.12. The Bertz CT molecular complexity index is 351. The lowest BCUT2D eigenvalue weighted by molar-refractivity contribution is -0.173. The van der Waals surface area contributed by atoms with Gasteiger partial charge in [-0.05, 0) is 25.5 Å². The summed E-state index contributed by atoms with van der Waals surface area (Å²) in [7, 11) is 0. The number of hydrogen-bond donors (Lipinski definition) is 1. The predicted molar refractivity (Wildman–Crippen MR) is 67.0 cm³/mol. The minimum Gasteiger partial charge on any atom is -0.371 e. The zero-order chi connectivity index (χ0) is 13.6. The van der Waals surface area contributed by atoms with Gasteiger partial charge in [0.15, 0.2) is 0 Å². The first-order chi connectivity index (χ1) is 8.42. The molecular formula is C12H18F3NOS. The first kappa shape index (κ1) is 15.5. The minimum atomic E-state index is -4.24. The standard InChI is InChI=1S/C12H18F3NOS/c1-3-10-4-5-11(18-10)9(2)16-6-7-17-8-12(13,14)15/h4-5,9,16H,3,6-8H2,1-2H3.